The molecule has 10 heteroatoms. The topological polar surface area (TPSA) is 102 Å². The molecule has 2 aromatic heterocycles. The Kier molecular flexibility index (Phi) is 5.59. The third kappa shape index (κ3) is 4.06. The Morgan fingerprint density at radius 1 is 1.35 bits per heavy atom. The number of hydrogen-bond acceptors (Lipinski definition) is 6. The van der Waals surface area contributed by atoms with Crippen molar-refractivity contribution in [2.45, 2.75) is 12.5 Å². The van der Waals surface area contributed by atoms with E-state index >= 15 is 0 Å². The molecular weight excluding hydrogens is 376 g/mol. The first-order valence-corrected chi connectivity index (χ1v) is 8.96. The lowest BCUT2D eigenvalue weighted by Crippen LogP contribution is -2.21. The van der Waals surface area contributed by atoms with E-state index in [2.05, 4.69) is 26.2 Å². The fourth-order valence-corrected chi connectivity index (χ4v) is 3.35. The number of carbonyl (C=O) groups excluding carboxylic acids is 2. The van der Waals surface area contributed by atoms with E-state index in [-0.39, 0.29) is 24.3 Å². The minimum atomic E-state index is -0.323. The first-order chi connectivity index (χ1) is 12.6. The largest absolute Gasteiger partial charge is 0.355 e. The van der Waals surface area contributed by atoms with Crippen molar-refractivity contribution in [2.75, 3.05) is 12.4 Å². The molecule has 134 valence electrons. The number of amides is 2. The number of hydrogen-bond donors (Lipinski definition) is 2. The molecule has 1 atom stereocenters. The smallest absolute Gasteiger partial charge is 0.252 e. The molecule has 3 rings (SSSR count). The van der Waals surface area contributed by atoms with Crippen LogP contribution in [0.15, 0.2) is 41.4 Å². The molecule has 26 heavy (non-hydrogen) atoms. The summed E-state index contributed by atoms with van der Waals surface area (Å²) in [6.45, 7) is 0. The molecule has 0 saturated heterocycles. The number of halogens is 1. The van der Waals surface area contributed by atoms with E-state index in [0.717, 1.165) is 5.56 Å². The van der Waals surface area contributed by atoms with Crippen LogP contribution in [-0.4, -0.2) is 39.1 Å². The molecule has 3 aromatic rings. The van der Waals surface area contributed by atoms with Crippen molar-refractivity contribution in [1.82, 2.24) is 25.5 Å². The first-order valence-electron chi connectivity index (χ1n) is 7.64. The summed E-state index contributed by atoms with van der Waals surface area (Å²) in [6.07, 6.45) is 1.61. The van der Waals surface area contributed by atoms with E-state index in [1.807, 2.05) is 16.8 Å². The van der Waals surface area contributed by atoms with Gasteiger partial charge < -0.3 is 10.6 Å². The molecule has 2 N–H and O–H groups in total. The highest BCUT2D eigenvalue weighted by molar-refractivity contribution is 7.08. The van der Waals surface area contributed by atoms with Crippen molar-refractivity contribution in [3.05, 3.63) is 57.5 Å². The number of thiophene rings is 1. The van der Waals surface area contributed by atoms with Crippen LogP contribution in [0.3, 0.4) is 0 Å². The van der Waals surface area contributed by atoms with Gasteiger partial charge in [-0.2, -0.15) is 11.3 Å². The highest BCUT2D eigenvalue weighted by Crippen LogP contribution is 2.25. The lowest BCUT2D eigenvalue weighted by atomic mass is 10.1. The molecular formula is C16H15ClN6O2S. The maximum atomic E-state index is 12.5. The molecule has 0 bridgehead atoms. The molecule has 0 unspecified atom stereocenters. The molecule has 2 heterocycles. The molecule has 2 amide bonds. The molecule has 0 aliphatic rings. The fourth-order valence-electron chi connectivity index (χ4n) is 2.44. The van der Waals surface area contributed by atoms with E-state index in [0.29, 0.717) is 16.3 Å². The van der Waals surface area contributed by atoms with Gasteiger partial charge in [0.2, 0.25) is 5.91 Å². The zero-order valence-electron chi connectivity index (χ0n) is 13.7. The standard InChI is InChI=1S/C16H15ClN6O2S/c1-18-16(25)12-6-11(2-3-13(12)17)20-15(24)7-14(10-4-5-26-8-10)23-9-19-21-22-23/h2-6,8-9,14H,7H2,1H3,(H,18,25)(H,20,24)/t14-/m1/s1. The fraction of sp³-hybridized carbons (Fsp3) is 0.188. The van der Waals surface area contributed by atoms with Gasteiger partial charge in [-0.05, 0) is 51.0 Å². The second kappa shape index (κ2) is 8.07. The Morgan fingerprint density at radius 2 is 2.19 bits per heavy atom. The summed E-state index contributed by atoms with van der Waals surface area (Å²) in [6, 6.07) is 6.36. The second-order valence-corrected chi connectivity index (χ2v) is 6.58. The van der Waals surface area contributed by atoms with Gasteiger partial charge in [-0.15, -0.1) is 5.10 Å². The maximum absolute atomic E-state index is 12.5. The van der Waals surface area contributed by atoms with Crippen LogP contribution in [0, 0.1) is 0 Å². The van der Waals surface area contributed by atoms with Crippen LogP contribution in [0.5, 0.6) is 0 Å². The van der Waals surface area contributed by atoms with Gasteiger partial charge in [0.1, 0.15) is 6.33 Å². The molecule has 0 aliphatic carbocycles. The van der Waals surface area contributed by atoms with E-state index in [9.17, 15) is 9.59 Å². The Bertz CT molecular complexity index is 863. The molecule has 0 fully saturated rings. The van der Waals surface area contributed by atoms with Crippen molar-refractivity contribution >= 4 is 40.4 Å². The summed E-state index contributed by atoms with van der Waals surface area (Å²) in [7, 11) is 1.52. The zero-order valence-corrected chi connectivity index (χ0v) is 15.3. The number of rotatable bonds is 6. The van der Waals surface area contributed by atoms with E-state index in [4.69, 9.17) is 11.6 Å². The number of carbonyl (C=O) groups is 2. The number of aromatic nitrogens is 4. The van der Waals surface area contributed by atoms with Crippen molar-refractivity contribution in [2.24, 2.45) is 0 Å². The van der Waals surface area contributed by atoms with Crippen molar-refractivity contribution in [1.29, 1.82) is 0 Å². The van der Waals surface area contributed by atoms with Gasteiger partial charge in [-0.25, -0.2) is 4.68 Å². The minimum Gasteiger partial charge on any atom is -0.355 e. The highest BCUT2D eigenvalue weighted by Gasteiger charge is 2.20. The monoisotopic (exact) mass is 390 g/mol. The Hall–Kier alpha value is -2.78. The summed E-state index contributed by atoms with van der Waals surface area (Å²) in [5, 5.41) is 20.7. The van der Waals surface area contributed by atoms with Gasteiger partial charge in [0.15, 0.2) is 0 Å². The van der Waals surface area contributed by atoms with Crippen LogP contribution in [0.1, 0.15) is 28.4 Å². The summed E-state index contributed by atoms with van der Waals surface area (Å²) >= 11 is 7.56. The minimum absolute atomic E-state index is 0.139. The SMILES string of the molecule is CNC(=O)c1cc(NC(=O)C[C@H](c2ccsc2)n2cnnn2)ccc1Cl. The van der Waals surface area contributed by atoms with Crippen LogP contribution in [0.25, 0.3) is 0 Å². The van der Waals surface area contributed by atoms with Crippen molar-refractivity contribution in [3.63, 3.8) is 0 Å². The number of tetrazole rings is 1. The quantitative estimate of drug-likeness (QED) is 0.672. The van der Waals surface area contributed by atoms with Crippen LogP contribution in [-0.2, 0) is 4.79 Å². The van der Waals surface area contributed by atoms with Crippen LogP contribution >= 0.6 is 22.9 Å². The summed E-state index contributed by atoms with van der Waals surface area (Å²) in [5.41, 5.74) is 1.72. The highest BCUT2D eigenvalue weighted by atomic mass is 35.5. The predicted octanol–water partition coefficient (Wildman–Crippen LogP) is 2.37. The molecule has 8 nitrogen and oxygen atoms in total. The average Bonchev–Trinajstić information content (AvgIpc) is 3.34. The van der Waals surface area contributed by atoms with Crippen molar-refractivity contribution in [3.8, 4) is 0 Å². The lowest BCUT2D eigenvalue weighted by molar-refractivity contribution is -0.116. The van der Waals surface area contributed by atoms with Crippen molar-refractivity contribution < 1.29 is 9.59 Å². The van der Waals surface area contributed by atoms with Gasteiger partial charge in [0, 0.05) is 12.7 Å². The Labute approximate surface area is 158 Å². The lowest BCUT2D eigenvalue weighted by Gasteiger charge is -2.15. The van der Waals surface area contributed by atoms with E-state index < -0.39 is 0 Å². The molecule has 1 aromatic carbocycles. The third-order valence-corrected chi connectivity index (χ3v) is 4.74. The molecule has 0 aliphatic heterocycles. The van der Waals surface area contributed by atoms with E-state index in [1.54, 1.807) is 16.8 Å². The Balaban J connectivity index is 1.76. The van der Waals surface area contributed by atoms with Gasteiger partial charge in [0.25, 0.3) is 5.91 Å². The van der Waals surface area contributed by atoms with Gasteiger partial charge in [-0.3, -0.25) is 9.59 Å². The van der Waals surface area contributed by atoms with Gasteiger partial charge >= 0.3 is 0 Å². The summed E-state index contributed by atoms with van der Waals surface area (Å²) < 4.78 is 1.54. The number of nitrogens with one attached hydrogen (secondary N) is 2. The average molecular weight is 391 g/mol. The summed E-state index contributed by atoms with van der Waals surface area (Å²) in [5.74, 6) is -0.558. The molecule has 0 spiro atoms. The zero-order chi connectivity index (χ0) is 18.5. The maximum Gasteiger partial charge on any atom is 0.252 e. The molecule has 0 saturated carbocycles. The summed E-state index contributed by atoms with van der Waals surface area (Å²) in [4.78, 5) is 24.4. The first kappa shape index (κ1) is 18.0. The molecule has 0 radical (unpaired) electrons. The van der Waals surface area contributed by atoms with E-state index in [1.165, 1.54) is 30.8 Å². The predicted molar refractivity (Wildman–Crippen MR) is 98.4 cm³/mol. The van der Waals surface area contributed by atoms with Gasteiger partial charge in [0.05, 0.1) is 23.0 Å². The second-order valence-electron chi connectivity index (χ2n) is 5.39. The Morgan fingerprint density at radius 3 is 2.85 bits per heavy atom. The van der Waals surface area contributed by atoms with Crippen LogP contribution in [0.4, 0.5) is 5.69 Å². The third-order valence-electron chi connectivity index (χ3n) is 3.71. The van der Waals surface area contributed by atoms with Gasteiger partial charge in [-0.1, -0.05) is 11.6 Å². The normalized spacial score (nSPS) is 11.8. The number of nitrogens with zero attached hydrogens (tertiary/aromatic N) is 4. The number of anilines is 1. The number of benzene rings is 1. The van der Waals surface area contributed by atoms with Crippen LogP contribution < -0.4 is 10.6 Å². The van der Waals surface area contributed by atoms with Crippen LogP contribution in [0.2, 0.25) is 5.02 Å².